The van der Waals surface area contributed by atoms with Crippen molar-refractivity contribution < 1.29 is 158 Å². The molecule has 0 spiro atoms. The molecule has 16 heterocycles. The molecule has 46 heteroatoms. The molecule has 0 atom stereocenters. The van der Waals surface area contributed by atoms with Crippen LogP contribution in [-0.4, -0.2) is 237 Å². The number of carbonyl (C=O) groups is 12. The number of alkyl halides is 2. The number of aldehydes is 1. The summed E-state index contributed by atoms with van der Waals surface area (Å²) in [6, 6.07) is 29.9. The van der Waals surface area contributed by atoms with E-state index in [-0.39, 0.29) is 172 Å². The second-order valence-corrected chi connectivity index (χ2v) is 45.1. The van der Waals surface area contributed by atoms with E-state index in [0.717, 1.165) is 218 Å². The van der Waals surface area contributed by atoms with E-state index in [1.54, 1.807) is 11.0 Å². The van der Waals surface area contributed by atoms with Crippen molar-refractivity contribution in [3.63, 3.8) is 0 Å². The van der Waals surface area contributed by atoms with Crippen LogP contribution in [0.2, 0.25) is 0 Å². The van der Waals surface area contributed by atoms with E-state index in [1.807, 2.05) is 136 Å². The molecule has 3 radical (unpaired) electrons. The number of alkyl carbamates (subject to hydrolysis) is 2. The molecule has 8 bridgehead atoms. The van der Waals surface area contributed by atoms with E-state index in [1.165, 1.54) is 13.0 Å². The molecule has 7 amide bonds. The number of benzene rings is 4. The summed E-state index contributed by atoms with van der Waals surface area (Å²) in [5, 5.41) is 15.2. The molecule has 4 aromatic carbocycles. The first-order chi connectivity index (χ1) is 70.1. The minimum Gasteiger partial charge on any atom is -0.793 e. The molecule has 24 rings (SSSR count). The topological polar surface area (TPSA) is 465 Å². The molecule has 14 aliphatic heterocycles. The normalized spacial score (nSPS) is 24.6. The molecule has 0 unspecified atom stereocenters. The Morgan fingerprint density at radius 3 is 1.16 bits per heavy atom. The molecule has 38 nitrogen and oxygen atoms in total. The number of aromatic nitrogens is 2. The number of halogens is 6. The van der Waals surface area contributed by atoms with Gasteiger partial charge in [0.15, 0.2) is 68.2 Å². The van der Waals surface area contributed by atoms with Crippen LogP contribution in [0.25, 0.3) is 0 Å². The molecule has 6 aromatic rings. The number of nitrogens with one attached hydrogen (secondary N) is 5. The summed E-state index contributed by atoms with van der Waals surface area (Å²) in [6.45, 7) is 22.3. The summed E-state index contributed by atoms with van der Waals surface area (Å²) < 4.78 is 75.4. The number of hydrogen-bond donors (Lipinski definition) is 6. The predicted molar refractivity (Wildman–Crippen MR) is 562 cm³/mol. The number of amides is 7. The Bertz CT molecular complexity index is 5700. The van der Waals surface area contributed by atoms with Gasteiger partial charge in [-0.25, -0.2) is 38.9 Å². The van der Waals surface area contributed by atoms with Gasteiger partial charge in [0.1, 0.15) is 46.5 Å². The summed E-state index contributed by atoms with van der Waals surface area (Å²) in [4.78, 5) is 156. The summed E-state index contributed by atoms with van der Waals surface area (Å²) in [7, 11) is 4.32. The Hall–Kier alpha value is -9.06. The molecule has 18 aliphatic rings. The molecule has 4 aliphatic carbocycles. The first kappa shape index (κ1) is 120. The van der Waals surface area contributed by atoms with Crippen molar-refractivity contribution in [2.24, 2.45) is 5.73 Å². The maximum Gasteiger partial charge on any atom is 1.00 e. The summed E-state index contributed by atoms with van der Waals surface area (Å²) in [5.41, 5.74) is 8.65. The van der Waals surface area contributed by atoms with Crippen molar-refractivity contribution in [2.75, 3.05) is 116 Å². The number of rotatable bonds is 17. The molecule has 2 aromatic heterocycles. The Morgan fingerprint density at radius 2 is 0.805 bits per heavy atom. The fourth-order valence-electron chi connectivity index (χ4n) is 19.4. The molecule has 8 saturated heterocycles. The monoisotopic (exact) mass is 2370 g/mol. The number of ether oxygens (including phenoxy) is 12. The SMILES string of the molecule is CC(=O)OOC(C)=O.CC(C)(C)OC(=O)NC12CCC(CCN3C(=O)COc4ccc(Br)cc43)(CC1)OC2.CCCC12CCC(NC(=O)OC(C)(C)C)(CC1)CO2.ClCCl.NC12CCC(CCN3C(=O)COc4ccc(Br)cc43)(CC1)OC2.O=C1COc2ccc(Br)cc2C1.O=C1COc2ccc(CNC34CCC(CCN5C(=O)COc6ccc(Br)cc65)(CC3)OC4)nc2N1.O=Cc1ccc2c(n1)NC(=O)CO2.[B-]OC(C)=O.[Na+]. The predicted octanol–water partition coefficient (Wildman–Crippen LogP) is 13.6. The molecule has 4 saturated carbocycles. The quantitative estimate of drug-likeness (QED) is 0.0162. The largest absolute Gasteiger partial charge is 1.00 e. The van der Waals surface area contributed by atoms with E-state index in [2.05, 4.69) is 130 Å². The van der Waals surface area contributed by atoms with Crippen molar-refractivity contribution in [1.29, 1.82) is 0 Å². The number of nitrogens with two attached hydrogens (primary N) is 1. The maximum atomic E-state index is 12.6. The second-order valence-electron chi connectivity index (χ2n) is 40.7. The standard InChI is InChI=1S/C25H27BrN4O5.C22H29BrN2O5.C17H21BrN2O3.C15H27NO3.C9H7BrO2.C8H6N2O3.C4H6O4.C2H3BO2.CH2Cl2.Na/c26-16-1-3-19-18(11-16)30(22(32)14-34-19)10-9-25-7-5-24(6-8-25,15-35-25)27-12-17-2-4-20-23(28-17)29-21(31)13-33-20;1-20(2,3)30-19(27)24-21-6-8-22(9-7-21,29-14-21)10-11-25-16-12-15(23)4-5-17(16)28-13-18(25)26;18-12-1-2-14-13(9-12)20(15(21)10-22-14)8-7-17-5-3-16(19,4-6-17)11-23-17;1-5-6-15-9-7-14(8-10-15,11-18-15)16-12(17)19-13(2,3)4;10-7-1-2-9-6(3-7)4-8(11)5-12-9;11-3-5-1-2-6-8(9-5)10-7(12)4-13-6;1-3(5)7-8-4(2)6;1-2(4)5-3;2-1-3;/h1-4,11,27H,5-10,12-15H2,(H,28,29,31);4-5,12H,6-11,13-14H2,1-3H3,(H,24,27);1-2,9H,3-8,10-11,19H2;5-11H2,1-4H3,(H,16,17);1-3H,4-5H2;1-3H,4H2,(H,9,10,12);1-2H3;1H3;1H2;/q;;;;;;;-1;;+1. The minimum absolute atomic E-state index is 0. The van der Waals surface area contributed by atoms with Gasteiger partial charge in [-0.05, 0) is 267 Å². The number of anilines is 5. The third-order valence-corrected chi connectivity index (χ3v) is 29.4. The maximum absolute atomic E-state index is 12.6. The molecular formula is C103H128BBr4Cl2N11NaO27. The molecule has 803 valence electrons. The van der Waals surface area contributed by atoms with Crippen LogP contribution < -0.4 is 105 Å². The van der Waals surface area contributed by atoms with Crippen molar-refractivity contribution in [3.05, 3.63) is 132 Å². The van der Waals surface area contributed by atoms with Crippen LogP contribution >= 0.6 is 86.9 Å². The van der Waals surface area contributed by atoms with E-state index in [4.69, 9.17) is 85.8 Å². The smallest absolute Gasteiger partial charge is 0.793 e. The first-order valence-corrected chi connectivity index (χ1v) is 53.3. The number of nitrogens with zero attached hydrogens (tertiary/aromatic N) is 5. The van der Waals surface area contributed by atoms with Crippen LogP contribution in [0, 0.1) is 0 Å². The van der Waals surface area contributed by atoms with E-state index >= 15 is 0 Å². The first-order valence-electron chi connectivity index (χ1n) is 49.0. The Labute approximate surface area is 933 Å². The second kappa shape index (κ2) is 53.2. The molecular weight excluding hydrogens is 2250 g/mol. The van der Waals surface area contributed by atoms with Gasteiger partial charge in [-0.3, -0.25) is 38.4 Å². The number of hydrogen-bond acceptors (Lipinski definition) is 31. The van der Waals surface area contributed by atoms with Crippen molar-refractivity contribution in [2.45, 2.75) is 273 Å². The van der Waals surface area contributed by atoms with E-state index in [9.17, 15) is 57.5 Å². The van der Waals surface area contributed by atoms with Gasteiger partial charge >= 0.3 is 53.7 Å². The fourth-order valence-corrected chi connectivity index (χ4v) is 20.9. The third-order valence-electron chi connectivity index (χ3n) is 27.4. The van der Waals surface area contributed by atoms with E-state index < -0.39 is 29.1 Å². The Balaban J connectivity index is 0.000000169. The van der Waals surface area contributed by atoms with Crippen LogP contribution in [-0.2, 0) is 99.0 Å². The van der Waals surface area contributed by atoms with Crippen LogP contribution in [0.15, 0.2) is 115 Å². The van der Waals surface area contributed by atoms with Gasteiger partial charge in [0.2, 0.25) is 5.97 Å². The molecule has 12 fully saturated rings. The zero-order valence-corrected chi connectivity index (χ0v) is 95.5. The summed E-state index contributed by atoms with van der Waals surface area (Å²) >= 11 is 23.3. The fraction of sp³-hybridized carbons (Fsp3) is 0.553. The van der Waals surface area contributed by atoms with Crippen molar-refractivity contribution in [1.82, 2.24) is 25.9 Å². The molecule has 7 N–H and O–H groups in total. The van der Waals surface area contributed by atoms with Crippen LogP contribution in [0.1, 0.15) is 226 Å². The van der Waals surface area contributed by atoms with Crippen molar-refractivity contribution in [3.8, 4) is 34.5 Å². The van der Waals surface area contributed by atoms with Crippen LogP contribution in [0.3, 0.4) is 0 Å². The van der Waals surface area contributed by atoms with Gasteiger partial charge in [0.05, 0.1) is 88.0 Å². The minimum atomic E-state index is -0.639. The van der Waals surface area contributed by atoms with Crippen LogP contribution in [0.5, 0.6) is 34.5 Å². The Kier molecular flexibility index (Phi) is 42.9. The van der Waals surface area contributed by atoms with Crippen molar-refractivity contribution >= 4 is 195 Å². The molecule has 149 heavy (non-hydrogen) atoms. The van der Waals surface area contributed by atoms with E-state index in [0.29, 0.717) is 88.4 Å². The average Bonchev–Trinajstić information content (AvgIpc) is 0.781. The van der Waals surface area contributed by atoms with Gasteiger partial charge in [-0.2, -0.15) is 0 Å². The zero-order valence-electron chi connectivity index (χ0n) is 85.7. The average molecular weight is 2380 g/mol. The van der Waals surface area contributed by atoms with Gasteiger partial charge in [0.25, 0.3) is 29.5 Å². The third kappa shape index (κ3) is 34.2. The van der Waals surface area contributed by atoms with Gasteiger partial charge in [-0.1, -0.05) is 77.1 Å². The number of carbonyl (C=O) groups excluding carboxylic acids is 12. The number of Topliss-reactive ketones (excluding diaryl/α,β-unsaturated/α-hetero) is 1. The Morgan fingerprint density at radius 1 is 0.463 bits per heavy atom. The van der Waals surface area contributed by atoms with Gasteiger partial charge in [-0.15, -0.1) is 23.2 Å². The van der Waals surface area contributed by atoms with Gasteiger partial charge in [0, 0.05) is 87.9 Å². The van der Waals surface area contributed by atoms with Crippen LogP contribution in [0.4, 0.5) is 38.3 Å². The number of pyridine rings is 2. The number of fused-ring (bicyclic) bond motifs is 18. The zero-order chi connectivity index (χ0) is 107. The summed E-state index contributed by atoms with van der Waals surface area (Å²) in [6.07, 6.45) is 20.6. The summed E-state index contributed by atoms with van der Waals surface area (Å²) in [5.74, 6) is 2.83. The number of ketones is 1. The van der Waals surface area contributed by atoms with Gasteiger partial charge < -0.3 is 117 Å².